The molecule has 1 aromatic heterocycles. The van der Waals surface area contributed by atoms with Crippen molar-refractivity contribution in [3.05, 3.63) is 28.6 Å². The first-order valence-electron chi connectivity index (χ1n) is 7.87. The third-order valence-electron chi connectivity index (χ3n) is 4.11. The third kappa shape index (κ3) is 3.64. The van der Waals surface area contributed by atoms with Gasteiger partial charge in [0.25, 0.3) is 0 Å². The molecule has 0 aliphatic heterocycles. The topological polar surface area (TPSA) is 65.5 Å². The van der Waals surface area contributed by atoms with E-state index in [1.54, 1.807) is 19.9 Å². The molecule has 0 atom stereocenters. The number of aromatic nitrogens is 1. The first kappa shape index (κ1) is 15.0. The highest BCUT2D eigenvalue weighted by Crippen LogP contribution is 2.30. The molecule has 118 valence electrons. The predicted molar refractivity (Wildman–Crippen MR) is 79.7 cm³/mol. The van der Waals surface area contributed by atoms with Crippen LogP contribution in [0.1, 0.15) is 57.8 Å². The molecule has 2 fully saturated rings. The Kier molecular flexibility index (Phi) is 4.14. The highest BCUT2D eigenvalue weighted by Gasteiger charge is 2.26. The smallest absolute Gasteiger partial charge is 0.357 e. The van der Waals surface area contributed by atoms with E-state index in [1.165, 1.54) is 0 Å². The van der Waals surface area contributed by atoms with Crippen molar-refractivity contribution in [1.82, 2.24) is 4.98 Å². The maximum atomic E-state index is 12.1. The molecule has 0 spiro atoms. The van der Waals surface area contributed by atoms with Crippen LogP contribution < -0.4 is 0 Å². The molecular formula is C17H21NO4. The Balaban J connectivity index is 1.68. The van der Waals surface area contributed by atoms with Crippen LogP contribution in [0.4, 0.5) is 0 Å². The summed E-state index contributed by atoms with van der Waals surface area (Å²) in [6, 6.07) is 1.67. The minimum absolute atomic E-state index is 0.289. The average molecular weight is 303 g/mol. The molecule has 2 aliphatic rings. The number of esters is 2. The van der Waals surface area contributed by atoms with Crippen molar-refractivity contribution in [1.29, 1.82) is 0 Å². The molecule has 2 saturated carbocycles. The van der Waals surface area contributed by atoms with Crippen LogP contribution in [0.25, 0.3) is 0 Å². The van der Waals surface area contributed by atoms with Gasteiger partial charge in [0.15, 0.2) is 5.69 Å². The molecule has 5 nitrogen and oxygen atoms in total. The molecule has 0 amide bonds. The molecule has 3 rings (SSSR count). The van der Waals surface area contributed by atoms with E-state index in [9.17, 15) is 9.59 Å². The van der Waals surface area contributed by atoms with Crippen molar-refractivity contribution < 1.29 is 19.1 Å². The first-order chi connectivity index (χ1) is 10.5. The van der Waals surface area contributed by atoms with Crippen molar-refractivity contribution in [3.63, 3.8) is 0 Å². The summed E-state index contributed by atoms with van der Waals surface area (Å²) in [6.45, 7) is 4.41. The molecule has 1 heterocycles. The summed E-state index contributed by atoms with van der Waals surface area (Å²) in [5, 5.41) is 0. The van der Waals surface area contributed by atoms with E-state index < -0.39 is 5.97 Å². The van der Waals surface area contributed by atoms with Gasteiger partial charge in [0.2, 0.25) is 0 Å². The molecular weight excluding hydrogens is 282 g/mol. The van der Waals surface area contributed by atoms with Crippen molar-refractivity contribution in [2.45, 2.75) is 39.5 Å². The predicted octanol–water partition coefficient (Wildman–Crippen LogP) is 2.83. The molecule has 0 radical (unpaired) electrons. The summed E-state index contributed by atoms with van der Waals surface area (Å²) in [5.74, 6) is 0.264. The van der Waals surface area contributed by atoms with Crippen molar-refractivity contribution >= 4 is 11.9 Å². The minimum Gasteiger partial charge on any atom is -0.462 e. The lowest BCUT2D eigenvalue weighted by atomic mass is 10.1. The summed E-state index contributed by atoms with van der Waals surface area (Å²) >= 11 is 0. The molecule has 2 aliphatic carbocycles. The van der Waals surface area contributed by atoms with E-state index in [4.69, 9.17) is 9.47 Å². The Hall–Kier alpha value is -1.91. The molecule has 0 bridgehead atoms. The van der Waals surface area contributed by atoms with E-state index >= 15 is 0 Å². The lowest BCUT2D eigenvalue weighted by molar-refractivity contribution is 0.0464. The number of ether oxygens (including phenoxy) is 2. The fourth-order valence-electron chi connectivity index (χ4n) is 2.22. The highest BCUT2D eigenvalue weighted by molar-refractivity contribution is 5.94. The molecule has 0 N–H and O–H groups in total. The Morgan fingerprint density at radius 2 is 1.59 bits per heavy atom. The van der Waals surface area contributed by atoms with Crippen LogP contribution in [0.15, 0.2) is 6.07 Å². The van der Waals surface area contributed by atoms with Crippen LogP contribution >= 0.6 is 0 Å². The number of nitrogens with zero attached hydrogens (tertiary/aromatic N) is 1. The number of carbonyl (C=O) groups is 2. The number of aryl methyl sites for hydroxylation is 2. The van der Waals surface area contributed by atoms with Gasteiger partial charge in [-0.05, 0) is 63.0 Å². The van der Waals surface area contributed by atoms with Crippen LogP contribution in [0, 0.1) is 25.7 Å². The van der Waals surface area contributed by atoms with Gasteiger partial charge < -0.3 is 9.47 Å². The van der Waals surface area contributed by atoms with Crippen LogP contribution in [-0.2, 0) is 9.47 Å². The average Bonchev–Trinajstić information content (AvgIpc) is 3.37. The number of hydrogen-bond donors (Lipinski definition) is 0. The summed E-state index contributed by atoms with van der Waals surface area (Å²) < 4.78 is 10.5. The van der Waals surface area contributed by atoms with E-state index in [0.29, 0.717) is 41.9 Å². The largest absolute Gasteiger partial charge is 0.462 e. The van der Waals surface area contributed by atoms with Crippen LogP contribution in [0.3, 0.4) is 0 Å². The Morgan fingerprint density at radius 3 is 2.14 bits per heavy atom. The van der Waals surface area contributed by atoms with E-state index in [1.807, 2.05) is 0 Å². The number of rotatable bonds is 6. The highest BCUT2D eigenvalue weighted by atomic mass is 16.5. The van der Waals surface area contributed by atoms with Crippen molar-refractivity contribution in [2.75, 3.05) is 13.2 Å². The van der Waals surface area contributed by atoms with Gasteiger partial charge in [-0.25, -0.2) is 14.6 Å². The zero-order valence-electron chi connectivity index (χ0n) is 13.1. The van der Waals surface area contributed by atoms with E-state index in [0.717, 1.165) is 25.7 Å². The number of hydrogen-bond acceptors (Lipinski definition) is 5. The fourth-order valence-corrected chi connectivity index (χ4v) is 2.22. The zero-order valence-corrected chi connectivity index (χ0v) is 13.1. The second-order valence-electron chi connectivity index (χ2n) is 6.37. The van der Waals surface area contributed by atoms with Crippen molar-refractivity contribution in [2.24, 2.45) is 11.8 Å². The van der Waals surface area contributed by atoms with Gasteiger partial charge in [-0.3, -0.25) is 0 Å². The summed E-state index contributed by atoms with van der Waals surface area (Å²) in [7, 11) is 0. The summed E-state index contributed by atoms with van der Waals surface area (Å²) in [4.78, 5) is 28.4. The van der Waals surface area contributed by atoms with Gasteiger partial charge in [0.1, 0.15) is 0 Å². The van der Waals surface area contributed by atoms with Gasteiger partial charge in [0.05, 0.1) is 24.5 Å². The zero-order chi connectivity index (χ0) is 15.7. The van der Waals surface area contributed by atoms with Gasteiger partial charge in [-0.15, -0.1) is 0 Å². The van der Waals surface area contributed by atoms with Crippen LogP contribution in [0.5, 0.6) is 0 Å². The first-order valence-corrected chi connectivity index (χ1v) is 7.87. The third-order valence-corrected chi connectivity index (χ3v) is 4.11. The SMILES string of the molecule is Cc1cc(C(=O)OCC2CC2)c(C)nc1C(=O)OCC1CC1. The number of carbonyl (C=O) groups excluding carboxylic acids is 2. The maximum Gasteiger partial charge on any atom is 0.357 e. The minimum atomic E-state index is -0.412. The Morgan fingerprint density at radius 1 is 1.05 bits per heavy atom. The van der Waals surface area contributed by atoms with Crippen LogP contribution in [-0.4, -0.2) is 30.1 Å². The quantitative estimate of drug-likeness (QED) is 0.756. The molecule has 0 saturated heterocycles. The number of pyridine rings is 1. The lowest BCUT2D eigenvalue weighted by Gasteiger charge is -2.11. The standard InChI is InChI=1S/C17H21NO4/c1-10-7-14(16(19)21-8-12-3-4-12)11(2)18-15(10)17(20)22-9-13-5-6-13/h7,12-13H,3-6,8-9H2,1-2H3. The van der Waals surface area contributed by atoms with Gasteiger partial charge in [0, 0.05) is 0 Å². The Labute approximate surface area is 130 Å². The summed E-state index contributed by atoms with van der Waals surface area (Å²) in [5.41, 5.74) is 1.86. The maximum absolute atomic E-state index is 12.1. The van der Waals surface area contributed by atoms with E-state index in [-0.39, 0.29) is 11.7 Å². The van der Waals surface area contributed by atoms with Crippen LogP contribution in [0.2, 0.25) is 0 Å². The lowest BCUT2D eigenvalue weighted by Crippen LogP contribution is -2.16. The van der Waals surface area contributed by atoms with E-state index in [2.05, 4.69) is 4.98 Å². The molecule has 5 heteroatoms. The molecule has 22 heavy (non-hydrogen) atoms. The second kappa shape index (κ2) is 6.07. The molecule has 0 unspecified atom stereocenters. The fraction of sp³-hybridized carbons (Fsp3) is 0.588. The van der Waals surface area contributed by atoms with Gasteiger partial charge in [-0.2, -0.15) is 0 Å². The monoisotopic (exact) mass is 303 g/mol. The normalized spacial score (nSPS) is 17.2. The molecule has 1 aromatic rings. The molecule has 0 aromatic carbocycles. The summed E-state index contributed by atoms with van der Waals surface area (Å²) in [6.07, 6.45) is 4.53. The van der Waals surface area contributed by atoms with Gasteiger partial charge >= 0.3 is 11.9 Å². The second-order valence-corrected chi connectivity index (χ2v) is 6.37. The van der Waals surface area contributed by atoms with Gasteiger partial charge in [-0.1, -0.05) is 0 Å². The van der Waals surface area contributed by atoms with Crippen molar-refractivity contribution in [3.8, 4) is 0 Å². The Bertz CT molecular complexity index is 549.